The highest BCUT2D eigenvalue weighted by molar-refractivity contribution is 6.30. The predicted molar refractivity (Wildman–Crippen MR) is 217 cm³/mol. The predicted octanol–water partition coefficient (Wildman–Crippen LogP) is 8.15. The fourth-order valence-corrected chi connectivity index (χ4v) is 7.97. The number of benzene rings is 5. The first-order valence-electron chi connectivity index (χ1n) is 19.2. The van der Waals surface area contributed by atoms with E-state index in [1.165, 1.54) is 6.20 Å². The number of carbonyl (C=O) groups excluding carboxylic acids is 1. The Kier molecular flexibility index (Phi) is 11.2. The summed E-state index contributed by atoms with van der Waals surface area (Å²) in [7, 11) is 0. The molecule has 56 heavy (non-hydrogen) atoms. The minimum absolute atomic E-state index is 0.0198. The molecule has 6 aromatic rings. The van der Waals surface area contributed by atoms with E-state index < -0.39 is 11.9 Å². The summed E-state index contributed by atoms with van der Waals surface area (Å²) >= 11 is 6.12. The zero-order valence-corrected chi connectivity index (χ0v) is 32.0. The maximum Gasteiger partial charge on any atom is 0.271 e. The number of aliphatic hydroxyl groups excluding tert-OH is 1. The van der Waals surface area contributed by atoms with Crippen molar-refractivity contribution < 1.29 is 24.5 Å². The molecule has 9 nitrogen and oxygen atoms in total. The van der Waals surface area contributed by atoms with Crippen LogP contribution in [-0.2, 0) is 28.2 Å². The largest absolute Gasteiger partial charge is 0.392 e. The van der Waals surface area contributed by atoms with Crippen LogP contribution in [0, 0.1) is 5.92 Å². The molecule has 0 saturated carbocycles. The molecule has 3 N–H and O–H groups in total. The zero-order valence-electron chi connectivity index (χ0n) is 31.2. The van der Waals surface area contributed by atoms with Gasteiger partial charge in [0.2, 0.25) is 0 Å². The average molecular weight is 769 g/mol. The maximum atomic E-state index is 13.1. The van der Waals surface area contributed by atoms with Gasteiger partial charge < -0.3 is 29.9 Å². The standard InChI is InChI=1S/C46H45ClN4O5/c1-30-42(28-51-24-22-46(54,23-25-51)36-18-20-37(47)21-19-36)55-45(56-43(30)33-12-10-31(29-52)11-13-33)34-16-14-32(15-17-34)38-7-3-2-6-35(38)26-49-44(53)41-27-48-39-8-4-5-9-40(39)50-41/h2-21,27,30,42-43,45,52,54H,22-26,28-29H2,1H3,(H,49,53)/t30-,42+,43+,45+/m1/s1. The van der Waals surface area contributed by atoms with Crippen LogP contribution in [0.25, 0.3) is 22.2 Å². The second-order valence-corrected chi connectivity index (χ2v) is 15.3. The number of halogens is 1. The fourth-order valence-electron chi connectivity index (χ4n) is 7.85. The first-order chi connectivity index (χ1) is 27.3. The lowest BCUT2D eigenvalue weighted by Crippen LogP contribution is -2.49. The van der Waals surface area contributed by atoms with E-state index in [0.29, 0.717) is 36.5 Å². The first-order valence-corrected chi connectivity index (χ1v) is 19.5. The summed E-state index contributed by atoms with van der Waals surface area (Å²) in [6.07, 6.45) is 1.75. The molecule has 2 aliphatic rings. The van der Waals surface area contributed by atoms with Gasteiger partial charge in [0.1, 0.15) is 5.69 Å². The monoisotopic (exact) mass is 768 g/mol. The second-order valence-electron chi connectivity index (χ2n) is 14.9. The molecule has 286 valence electrons. The zero-order chi connectivity index (χ0) is 38.6. The number of para-hydroxylation sites is 2. The molecular weight excluding hydrogens is 724 g/mol. The highest BCUT2D eigenvalue weighted by Crippen LogP contribution is 2.43. The molecule has 1 amide bonds. The van der Waals surface area contributed by atoms with Crippen molar-refractivity contribution in [2.75, 3.05) is 19.6 Å². The van der Waals surface area contributed by atoms with Gasteiger partial charge in [-0.1, -0.05) is 116 Å². The van der Waals surface area contributed by atoms with Crippen LogP contribution >= 0.6 is 11.6 Å². The van der Waals surface area contributed by atoms with E-state index in [-0.39, 0.29) is 36.3 Å². The van der Waals surface area contributed by atoms with Gasteiger partial charge in [-0.3, -0.25) is 9.78 Å². The lowest BCUT2D eigenvalue weighted by atomic mass is 9.84. The number of amides is 1. The molecule has 3 heterocycles. The number of hydrogen-bond acceptors (Lipinski definition) is 8. The van der Waals surface area contributed by atoms with Crippen LogP contribution in [0.15, 0.2) is 128 Å². The number of aromatic nitrogens is 2. The third-order valence-electron chi connectivity index (χ3n) is 11.3. The van der Waals surface area contributed by atoms with Gasteiger partial charge in [0.15, 0.2) is 6.29 Å². The van der Waals surface area contributed by atoms with Crippen LogP contribution in [-0.4, -0.2) is 56.7 Å². The van der Waals surface area contributed by atoms with Crippen molar-refractivity contribution in [2.45, 2.75) is 57.0 Å². The van der Waals surface area contributed by atoms with E-state index in [9.17, 15) is 15.0 Å². The summed E-state index contributed by atoms with van der Waals surface area (Å²) in [5.41, 5.74) is 7.46. The van der Waals surface area contributed by atoms with E-state index in [1.807, 2.05) is 103 Å². The molecule has 2 saturated heterocycles. The quantitative estimate of drug-likeness (QED) is 0.128. The van der Waals surface area contributed by atoms with E-state index in [1.54, 1.807) is 0 Å². The van der Waals surface area contributed by atoms with Crippen molar-refractivity contribution in [3.8, 4) is 11.1 Å². The number of nitrogens with one attached hydrogen (secondary N) is 1. The summed E-state index contributed by atoms with van der Waals surface area (Å²) in [5.74, 6) is -0.253. The lowest BCUT2D eigenvalue weighted by Gasteiger charge is -2.45. The number of fused-ring (bicyclic) bond motifs is 1. The first kappa shape index (κ1) is 37.9. The Bertz CT molecular complexity index is 2280. The third-order valence-corrected chi connectivity index (χ3v) is 11.5. The number of nitrogens with zero attached hydrogens (tertiary/aromatic N) is 3. The van der Waals surface area contributed by atoms with Gasteiger partial charge in [-0.15, -0.1) is 0 Å². The van der Waals surface area contributed by atoms with Crippen molar-refractivity contribution in [3.05, 3.63) is 166 Å². The van der Waals surface area contributed by atoms with Crippen LogP contribution < -0.4 is 5.32 Å². The number of hydrogen-bond donors (Lipinski definition) is 3. The smallest absolute Gasteiger partial charge is 0.271 e. The van der Waals surface area contributed by atoms with Gasteiger partial charge in [0.25, 0.3) is 5.91 Å². The van der Waals surface area contributed by atoms with Crippen LogP contribution in [0.5, 0.6) is 0 Å². The molecule has 0 unspecified atom stereocenters. The van der Waals surface area contributed by atoms with Crippen LogP contribution in [0.4, 0.5) is 0 Å². The topological polar surface area (TPSA) is 117 Å². The summed E-state index contributed by atoms with van der Waals surface area (Å²) in [5, 5.41) is 24.9. The van der Waals surface area contributed by atoms with Crippen molar-refractivity contribution in [1.29, 1.82) is 0 Å². The molecule has 0 spiro atoms. The number of likely N-dealkylation sites (tertiary alicyclic amines) is 1. The molecule has 10 heteroatoms. The Morgan fingerprint density at radius 1 is 0.857 bits per heavy atom. The molecule has 5 aromatic carbocycles. The van der Waals surface area contributed by atoms with Crippen molar-refractivity contribution in [2.24, 2.45) is 5.92 Å². The highest BCUT2D eigenvalue weighted by Gasteiger charge is 2.41. The molecule has 0 bridgehead atoms. The third kappa shape index (κ3) is 8.25. The van der Waals surface area contributed by atoms with Gasteiger partial charge in [-0.05, 0) is 70.5 Å². The van der Waals surface area contributed by atoms with Gasteiger partial charge in [0, 0.05) is 42.7 Å². The Hall–Kier alpha value is -5.00. The van der Waals surface area contributed by atoms with Gasteiger partial charge in [0.05, 0.1) is 41.6 Å². The molecule has 2 aliphatic heterocycles. The summed E-state index contributed by atoms with van der Waals surface area (Å²) in [4.78, 5) is 24.4. The van der Waals surface area contributed by atoms with Crippen LogP contribution in [0.2, 0.25) is 5.02 Å². The van der Waals surface area contributed by atoms with Gasteiger partial charge in [-0.2, -0.15) is 0 Å². The minimum Gasteiger partial charge on any atom is -0.392 e. The summed E-state index contributed by atoms with van der Waals surface area (Å²) < 4.78 is 13.6. The molecule has 2 fully saturated rings. The normalized spacial score (nSPS) is 21.1. The SMILES string of the molecule is C[C@@H]1[C@H](CN2CCC(O)(c3ccc(Cl)cc3)CC2)O[C@H](c2ccc(-c3ccccc3CNC(=O)c3cnc4ccccc4n3)cc2)O[C@@H]1c1ccc(CO)cc1. The van der Waals surface area contributed by atoms with E-state index >= 15 is 0 Å². The van der Waals surface area contributed by atoms with Crippen LogP contribution in [0.3, 0.4) is 0 Å². The number of aliphatic hydroxyl groups is 2. The van der Waals surface area contributed by atoms with Crippen molar-refractivity contribution in [3.63, 3.8) is 0 Å². The van der Waals surface area contributed by atoms with Crippen molar-refractivity contribution >= 4 is 28.5 Å². The number of rotatable bonds is 10. The lowest BCUT2D eigenvalue weighted by molar-refractivity contribution is -0.277. The van der Waals surface area contributed by atoms with E-state index in [2.05, 4.69) is 45.3 Å². The molecule has 0 radical (unpaired) electrons. The summed E-state index contributed by atoms with van der Waals surface area (Å²) in [6, 6.07) is 39.2. The average Bonchev–Trinajstić information content (AvgIpc) is 3.24. The Balaban J connectivity index is 0.980. The second kappa shape index (κ2) is 16.6. The molecular formula is C46H45ClN4O5. The van der Waals surface area contributed by atoms with Crippen molar-refractivity contribution in [1.82, 2.24) is 20.2 Å². The Morgan fingerprint density at radius 3 is 2.27 bits per heavy atom. The van der Waals surface area contributed by atoms with E-state index in [0.717, 1.165) is 57.6 Å². The molecule has 4 atom stereocenters. The van der Waals surface area contributed by atoms with Crippen LogP contribution in [0.1, 0.15) is 70.5 Å². The van der Waals surface area contributed by atoms with E-state index in [4.69, 9.17) is 21.1 Å². The molecule has 0 aliphatic carbocycles. The van der Waals surface area contributed by atoms with Gasteiger partial charge in [-0.25, -0.2) is 4.98 Å². The van der Waals surface area contributed by atoms with Gasteiger partial charge >= 0.3 is 0 Å². The Labute approximate surface area is 331 Å². The summed E-state index contributed by atoms with van der Waals surface area (Å²) in [6.45, 7) is 4.64. The number of ether oxygens (including phenoxy) is 2. The molecule has 1 aromatic heterocycles. The Morgan fingerprint density at radius 2 is 1.54 bits per heavy atom. The maximum absolute atomic E-state index is 13.1. The number of piperidine rings is 1. The number of carbonyl (C=O) groups is 1. The fraction of sp³-hybridized carbons (Fsp3) is 0.283. The highest BCUT2D eigenvalue weighted by atomic mass is 35.5. The molecule has 8 rings (SSSR count). The minimum atomic E-state index is -0.888.